The molecular weight excluding hydrogens is 325 g/mol. The highest BCUT2D eigenvalue weighted by atomic mass is 19.1. The molecule has 25 heavy (non-hydrogen) atoms. The number of para-hydroxylation sites is 1. The van der Waals surface area contributed by atoms with Crippen molar-refractivity contribution < 1.29 is 18.7 Å². The van der Waals surface area contributed by atoms with Crippen LogP contribution >= 0.6 is 0 Å². The number of halogens is 1. The van der Waals surface area contributed by atoms with E-state index in [1.54, 1.807) is 25.1 Å². The number of carbonyl (C=O) groups is 1. The van der Waals surface area contributed by atoms with E-state index in [-0.39, 0.29) is 23.6 Å². The molecule has 0 amide bonds. The smallest absolute Gasteiger partial charge is 0.305 e. The van der Waals surface area contributed by atoms with Gasteiger partial charge >= 0.3 is 5.97 Å². The normalized spacial score (nSPS) is 12.4. The van der Waals surface area contributed by atoms with E-state index in [4.69, 9.17) is 9.47 Å². The third-order valence-electron chi connectivity index (χ3n) is 3.17. The fourth-order valence-corrected chi connectivity index (χ4v) is 2.03. The first-order chi connectivity index (χ1) is 12.1. The third kappa shape index (κ3) is 8.93. The maximum atomic E-state index is 13.6. The van der Waals surface area contributed by atoms with E-state index in [0.717, 1.165) is 0 Å². The lowest BCUT2D eigenvalue weighted by molar-refractivity contribution is -0.143. The van der Waals surface area contributed by atoms with Crippen LogP contribution in [-0.2, 0) is 9.53 Å². The van der Waals surface area contributed by atoms with Crippen LogP contribution in [0.1, 0.15) is 33.6 Å². The van der Waals surface area contributed by atoms with Gasteiger partial charge in [0.15, 0.2) is 17.5 Å². The molecular formula is C18H28FN3O3. The van der Waals surface area contributed by atoms with Crippen molar-refractivity contribution in [3.8, 4) is 5.75 Å². The molecule has 0 aliphatic carbocycles. The third-order valence-corrected chi connectivity index (χ3v) is 3.17. The predicted molar refractivity (Wildman–Crippen MR) is 96.3 cm³/mol. The number of hydrogen-bond donors (Lipinski definition) is 2. The second-order valence-electron chi connectivity index (χ2n) is 5.41. The molecule has 1 atom stereocenters. The minimum absolute atomic E-state index is 0.196. The van der Waals surface area contributed by atoms with Crippen molar-refractivity contribution in [1.82, 2.24) is 10.6 Å². The molecule has 0 fully saturated rings. The monoisotopic (exact) mass is 353 g/mol. The molecule has 0 aromatic heterocycles. The second kappa shape index (κ2) is 12.1. The Kier molecular flexibility index (Phi) is 10.0. The number of nitrogens with zero attached hydrogens (tertiary/aromatic N) is 1. The maximum absolute atomic E-state index is 13.6. The Balaban J connectivity index is 2.40. The highest BCUT2D eigenvalue weighted by molar-refractivity contribution is 5.79. The van der Waals surface area contributed by atoms with E-state index in [2.05, 4.69) is 15.6 Å². The molecule has 1 rings (SSSR count). The fourth-order valence-electron chi connectivity index (χ4n) is 2.03. The number of aliphatic imine (C=N–C) groups is 1. The van der Waals surface area contributed by atoms with Crippen molar-refractivity contribution in [3.05, 3.63) is 30.1 Å². The Morgan fingerprint density at radius 2 is 2.04 bits per heavy atom. The van der Waals surface area contributed by atoms with Crippen LogP contribution in [-0.4, -0.2) is 44.3 Å². The largest absolute Gasteiger partial charge is 0.486 e. The van der Waals surface area contributed by atoms with E-state index in [1.165, 1.54) is 6.07 Å². The van der Waals surface area contributed by atoms with Crippen molar-refractivity contribution in [3.63, 3.8) is 0 Å². The Hall–Kier alpha value is -2.31. The van der Waals surface area contributed by atoms with Crippen molar-refractivity contribution in [2.24, 2.45) is 4.99 Å². The summed E-state index contributed by atoms with van der Waals surface area (Å²) in [4.78, 5) is 15.7. The van der Waals surface area contributed by atoms with Gasteiger partial charge in [-0.3, -0.25) is 4.79 Å². The summed E-state index contributed by atoms with van der Waals surface area (Å²) in [6.07, 6.45) is 0.754. The van der Waals surface area contributed by atoms with Gasteiger partial charge in [-0.25, -0.2) is 9.38 Å². The first-order valence-corrected chi connectivity index (χ1v) is 8.65. The summed E-state index contributed by atoms with van der Waals surface area (Å²) >= 11 is 0. The van der Waals surface area contributed by atoms with Gasteiger partial charge in [-0.15, -0.1) is 0 Å². The first-order valence-electron chi connectivity index (χ1n) is 8.65. The number of benzene rings is 1. The van der Waals surface area contributed by atoms with E-state index >= 15 is 0 Å². The number of esters is 1. The van der Waals surface area contributed by atoms with Crippen LogP contribution in [0.15, 0.2) is 29.3 Å². The molecule has 1 aromatic rings. The van der Waals surface area contributed by atoms with Gasteiger partial charge in [0.2, 0.25) is 0 Å². The Morgan fingerprint density at radius 3 is 2.72 bits per heavy atom. The molecule has 0 radical (unpaired) electrons. The summed E-state index contributed by atoms with van der Waals surface area (Å²) < 4.78 is 24.0. The number of rotatable bonds is 10. The fraction of sp³-hybridized carbons (Fsp3) is 0.556. The van der Waals surface area contributed by atoms with E-state index in [0.29, 0.717) is 45.0 Å². The highest BCUT2D eigenvalue weighted by Gasteiger charge is 2.08. The van der Waals surface area contributed by atoms with Crippen LogP contribution in [0, 0.1) is 5.82 Å². The lowest BCUT2D eigenvalue weighted by Gasteiger charge is -2.15. The summed E-state index contributed by atoms with van der Waals surface area (Å²) in [6.45, 7) is 7.68. The molecule has 7 heteroatoms. The number of carbonyl (C=O) groups excluding carboxylic acids is 1. The molecule has 0 saturated carbocycles. The first kappa shape index (κ1) is 20.7. The number of nitrogens with one attached hydrogen (secondary N) is 2. The van der Waals surface area contributed by atoms with Gasteiger partial charge in [-0.1, -0.05) is 12.1 Å². The molecule has 0 aliphatic heterocycles. The zero-order valence-corrected chi connectivity index (χ0v) is 15.2. The lowest BCUT2D eigenvalue weighted by Crippen LogP contribution is -2.38. The van der Waals surface area contributed by atoms with Crippen molar-refractivity contribution >= 4 is 11.9 Å². The topological polar surface area (TPSA) is 72.0 Å². The van der Waals surface area contributed by atoms with Crippen LogP contribution in [0.4, 0.5) is 4.39 Å². The summed E-state index contributed by atoms with van der Waals surface area (Å²) in [5, 5.41) is 6.27. The van der Waals surface area contributed by atoms with Gasteiger partial charge in [0.25, 0.3) is 0 Å². The van der Waals surface area contributed by atoms with Crippen LogP contribution < -0.4 is 15.4 Å². The molecule has 1 aromatic carbocycles. The summed E-state index contributed by atoms with van der Waals surface area (Å²) in [5.74, 6) is 0.272. The molecule has 2 N–H and O–H groups in total. The van der Waals surface area contributed by atoms with Gasteiger partial charge in [0.1, 0.15) is 6.10 Å². The molecule has 140 valence electrons. The maximum Gasteiger partial charge on any atom is 0.305 e. The molecule has 0 bridgehead atoms. The summed E-state index contributed by atoms with van der Waals surface area (Å²) in [6, 6.07) is 6.30. The minimum Gasteiger partial charge on any atom is -0.486 e. The van der Waals surface area contributed by atoms with Crippen LogP contribution in [0.2, 0.25) is 0 Å². The van der Waals surface area contributed by atoms with Crippen molar-refractivity contribution in [2.45, 2.75) is 39.7 Å². The quantitative estimate of drug-likeness (QED) is 0.293. The minimum atomic E-state index is -0.387. The second-order valence-corrected chi connectivity index (χ2v) is 5.41. The van der Waals surface area contributed by atoms with E-state index in [1.807, 2.05) is 13.8 Å². The predicted octanol–water partition coefficient (Wildman–Crippen LogP) is 2.49. The Labute approximate surface area is 148 Å². The van der Waals surface area contributed by atoms with Crippen LogP contribution in [0.25, 0.3) is 0 Å². The lowest BCUT2D eigenvalue weighted by atomic mass is 10.3. The van der Waals surface area contributed by atoms with Gasteiger partial charge in [0, 0.05) is 19.5 Å². The molecule has 0 heterocycles. The number of ether oxygens (including phenoxy) is 2. The Morgan fingerprint density at radius 1 is 1.28 bits per heavy atom. The van der Waals surface area contributed by atoms with Crippen molar-refractivity contribution in [2.75, 3.05) is 26.2 Å². The van der Waals surface area contributed by atoms with Gasteiger partial charge in [0.05, 0.1) is 13.2 Å². The van der Waals surface area contributed by atoms with E-state index < -0.39 is 0 Å². The van der Waals surface area contributed by atoms with Crippen LogP contribution in [0.3, 0.4) is 0 Å². The summed E-state index contributed by atoms with van der Waals surface area (Å²) in [5.41, 5.74) is 0. The molecule has 1 unspecified atom stereocenters. The number of hydrogen-bond acceptors (Lipinski definition) is 4. The number of guanidine groups is 1. The van der Waals surface area contributed by atoms with Gasteiger partial charge in [-0.05, 0) is 39.3 Å². The molecule has 0 saturated heterocycles. The molecule has 0 spiro atoms. The van der Waals surface area contributed by atoms with E-state index in [9.17, 15) is 9.18 Å². The summed E-state index contributed by atoms with van der Waals surface area (Å²) in [7, 11) is 0. The highest BCUT2D eigenvalue weighted by Crippen LogP contribution is 2.16. The van der Waals surface area contributed by atoms with Gasteiger partial charge < -0.3 is 20.1 Å². The van der Waals surface area contributed by atoms with Crippen LogP contribution in [0.5, 0.6) is 5.75 Å². The van der Waals surface area contributed by atoms with Crippen molar-refractivity contribution in [1.29, 1.82) is 0 Å². The zero-order valence-electron chi connectivity index (χ0n) is 15.2. The molecule has 0 aliphatic rings. The average molecular weight is 353 g/mol. The zero-order chi connectivity index (χ0) is 18.5. The molecule has 6 nitrogen and oxygen atoms in total. The van der Waals surface area contributed by atoms with Gasteiger partial charge in [-0.2, -0.15) is 0 Å². The SMILES string of the molecule is CCNC(=NCC(C)Oc1ccccc1F)NCCCC(=O)OCC. The Bertz CT molecular complexity index is 552. The standard InChI is InChI=1S/C18H28FN3O3/c1-4-20-18(21-12-8-11-17(23)24-5-2)22-13-14(3)25-16-10-7-6-9-15(16)19/h6-7,9-10,14H,4-5,8,11-13H2,1-3H3,(H2,20,21,22). The average Bonchev–Trinajstić information content (AvgIpc) is 2.58.